The van der Waals surface area contributed by atoms with E-state index in [1.54, 1.807) is 0 Å². The summed E-state index contributed by atoms with van der Waals surface area (Å²) in [6, 6.07) is 0. The van der Waals surface area contributed by atoms with Crippen molar-refractivity contribution in [2.24, 2.45) is 0 Å². The second kappa shape index (κ2) is 3.33. The first kappa shape index (κ1) is 9.61. The molecule has 14 heavy (non-hydrogen) atoms. The van der Waals surface area contributed by atoms with Gasteiger partial charge in [-0.2, -0.15) is 0 Å². The number of aromatic nitrogens is 1. The van der Waals surface area contributed by atoms with E-state index >= 15 is 0 Å². The third-order valence-corrected chi connectivity index (χ3v) is 3.16. The minimum absolute atomic E-state index is 0.256. The van der Waals surface area contributed by atoms with Gasteiger partial charge in [0.25, 0.3) is 0 Å². The van der Waals surface area contributed by atoms with E-state index in [1.165, 1.54) is 18.4 Å². The van der Waals surface area contributed by atoms with Gasteiger partial charge in [-0.1, -0.05) is 0 Å². The molecule has 0 aliphatic carbocycles. The van der Waals surface area contributed by atoms with Crippen LogP contribution in [0.1, 0.15) is 10.7 Å². The van der Waals surface area contributed by atoms with Crippen LogP contribution < -0.4 is 0 Å². The third kappa shape index (κ3) is 1.24. The molecule has 76 valence electrons. The summed E-state index contributed by atoms with van der Waals surface area (Å²) in [5.41, 5.74) is 0.137. The van der Waals surface area contributed by atoms with Gasteiger partial charge >= 0.3 is 5.97 Å². The number of carbonyl (C=O) groups excluding carboxylic acids is 1. The molecule has 0 N–H and O–H groups in total. The number of aryl methyl sites for hydroxylation is 1. The zero-order valence-electron chi connectivity index (χ0n) is 8.07. The van der Waals surface area contributed by atoms with Crippen molar-refractivity contribution in [1.82, 2.24) is 4.98 Å². The van der Waals surface area contributed by atoms with E-state index in [2.05, 4.69) is 4.98 Å². The van der Waals surface area contributed by atoms with Crippen LogP contribution in [0.15, 0.2) is 5.38 Å². The summed E-state index contributed by atoms with van der Waals surface area (Å²) in [6.45, 7) is 2.67. The number of carbonyl (C=O) groups is 1. The lowest BCUT2D eigenvalue weighted by atomic mass is 9.83. The van der Waals surface area contributed by atoms with Crippen molar-refractivity contribution in [1.29, 1.82) is 0 Å². The van der Waals surface area contributed by atoms with E-state index in [4.69, 9.17) is 9.47 Å². The number of hydrogen-bond donors (Lipinski definition) is 0. The third-order valence-electron chi connectivity index (χ3n) is 2.38. The Hall–Kier alpha value is -0.940. The van der Waals surface area contributed by atoms with Crippen LogP contribution in [0.4, 0.5) is 0 Å². The molecule has 1 saturated heterocycles. The topological polar surface area (TPSA) is 48.4 Å². The minimum Gasteiger partial charge on any atom is -0.468 e. The van der Waals surface area contributed by atoms with Gasteiger partial charge in [-0.05, 0) is 6.92 Å². The van der Waals surface area contributed by atoms with Gasteiger partial charge in [-0.25, -0.2) is 4.98 Å². The molecule has 2 rings (SSSR count). The second-order valence-corrected chi connectivity index (χ2v) is 4.38. The first-order valence-corrected chi connectivity index (χ1v) is 5.16. The fourth-order valence-corrected chi connectivity index (χ4v) is 2.17. The van der Waals surface area contributed by atoms with Gasteiger partial charge in [0.1, 0.15) is 0 Å². The van der Waals surface area contributed by atoms with Crippen LogP contribution in [0.3, 0.4) is 0 Å². The van der Waals surface area contributed by atoms with Crippen LogP contribution in [0.5, 0.6) is 0 Å². The predicted octanol–water partition coefficient (Wildman–Crippen LogP) is 0.893. The van der Waals surface area contributed by atoms with Gasteiger partial charge in [0.2, 0.25) is 0 Å². The smallest absolute Gasteiger partial charge is 0.322 e. The Labute approximate surface area is 85.9 Å². The Bertz CT molecular complexity index is 357. The number of esters is 1. The number of thiazole rings is 1. The SMILES string of the molecule is COC(=O)C1(c2csc(C)n2)COC1. The first-order valence-electron chi connectivity index (χ1n) is 4.28. The number of rotatable bonds is 2. The Kier molecular flexibility index (Phi) is 2.28. The maximum absolute atomic E-state index is 11.6. The lowest BCUT2D eigenvalue weighted by molar-refractivity contribution is -0.167. The molecule has 1 aromatic rings. The minimum atomic E-state index is -0.639. The summed E-state index contributed by atoms with van der Waals surface area (Å²) < 4.78 is 9.86. The lowest BCUT2D eigenvalue weighted by Crippen LogP contribution is -2.53. The summed E-state index contributed by atoms with van der Waals surface area (Å²) in [5, 5.41) is 2.85. The summed E-state index contributed by atoms with van der Waals surface area (Å²) in [7, 11) is 1.39. The maximum Gasteiger partial charge on any atom is 0.322 e. The molecule has 0 bridgehead atoms. The van der Waals surface area contributed by atoms with Crippen LogP contribution >= 0.6 is 11.3 Å². The second-order valence-electron chi connectivity index (χ2n) is 3.32. The molecule has 5 heteroatoms. The summed E-state index contributed by atoms with van der Waals surface area (Å²) in [6.07, 6.45) is 0. The molecule has 1 fully saturated rings. The van der Waals surface area contributed by atoms with Gasteiger partial charge < -0.3 is 9.47 Å². The van der Waals surface area contributed by atoms with E-state index in [1.807, 2.05) is 12.3 Å². The van der Waals surface area contributed by atoms with Crippen molar-refractivity contribution in [3.05, 3.63) is 16.1 Å². The van der Waals surface area contributed by atoms with E-state index in [0.29, 0.717) is 13.2 Å². The monoisotopic (exact) mass is 213 g/mol. The van der Waals surface area contributed by atoms with Gasteiger partial charge in [-0.3, -0.25) is 4.79 Å². The van der Waals surface area contributed by atoms with Crippen molar-refractivity contribution in [3.63, 3.8) is 0 Å². The Morgan fingerprint density at radius 3 is 2.79 bits per heavy atom. The Balaban J connectivity index is 2.33. The number of methoxy groups -OCH3 is 1. The zero-order chi connectivity index (χ0) is 10.2. The van der Waals surface area contributed by atoms with Crippen molar-refractivity contribution in [2.45, 2.75) is 12.3 Å². The summed E-state index contributed by atoms with van der Waals surface area (Å²) in [5.74, 6) is -0.256. The molecule has 0 saturated carbocycles. The fourth-order valence-electron chi connectivity index (χ4n) is 1.46. The Morgan fingerprint density at radius 1 is 1.71 bits per heavy atom. The fraction of sp³-hybridized carbons (Fsp3) is 0.556. The average Bonchev–Trinajstić information content (AvgIpc) is 2.50. The molecule has 0 amide bonds. The average molecular weight is 213 g/mol. The molecule has 0 aromatic carbocycles. The Morgan fingerprint density at radius 2 is 2.43 bits per heavy atom. The molecule has 0 unspecified atom stereocenters. The number of hydrogen-bond acceptors (Lipinski definition) is 5. The number of ether oxygens (including phenoxy) is 2. The van der Waals surface area contributed by atoms with Crippen LogP contribution in [0, 0.1) is 6.92 Å². The molecule has 0 radical (unpaired) electrons. The largest absolute Gasteiger partial charge is 0.468 e. The molecule has 1 aromatic heterocycles. The highest BCUT2D eigenvalue weighted by Crippen LogP contribution is 2.34. The van der Waals surface area contributed by atoms with E-state index < -0.39 is 5.41 Å². The molecule has 4 nitrogen and oxygen atoms in total. The molecule has 1 aliphatic heterocycles. The first-order chi connectivity index (χ1) is 6.69. The van der Waals surface area contributed by atoms with Crippen LogP contribution in [0.25, 0.3) is 0 Å². The van der Waals surface area contributed by atoms with E-state index in [9.17, 15) is 4.79 Å². The molecule has 0 spiro atoms. The molecular weight excluding hydrogens is 202 g/mol. The van der Waals surface area contributed by atoms with Crippen molar-refractivity contribution in [3.8, 4) is 0 Å². The standard InChI is InChI=1S/C9H11NO3S/c1-6-10-7(3-14-6)9(4-13-5-9)8(11)12-2/h3H,4-5H2,1-2H3. The van der Waals surface area contributed by atoms with Crippen LogP contribution in [-0.4, -0.2) is 31.3 Å². The van der Waals surface area contributed by atoms with Crippen molar-refractivity contribution < 1.29 is 14.3 Å². The van der Waals surface area contributed by atoms with Gasteiger partial charge in [-0.15, -0.1) is 11.3 Å². The van der Waals surface area contributed by atoms with Crippen LogP contribution in [-0.2, 0) is 19.7 Å². The molecule has 1 aliphatic rings. The predicted molar refractivity (Wildman–Crippen MR) is 51.4 cm³/mol. The highest BCUT2D eigenvalue weighted by Gasteiger charge is 2.50. The lowest BCUT2D eigenvalue weighted by Gasteiger charge is -2.36. The summed E-state index contributed by atoms with van der Waals surface area (Å²) >= 11 is 1.53. The number of nitrogens with zero attached hydrogens (tertiary/aromatic N) is 1. The maximum atomic E-state index is 11.6. The zero-order valence-corrected chi connectivity index (χ0v) is 8.89. The normalized spacial score (nSPS) is 18.7. The van der Waals surface area contributed by atoms with Gasteiger partial charge in [0.05, 0.1) is 31.0 Å². The van der Waals surface area contributed by atoms with Gasteiger partial charge in [0.15, 0.2) is 5.41 Å². The van der Waals surface area contributed by atoms with E-state index in [0.717, 1.165) is 10.7 Å². The summed E-state index contributed by atoms with van der Waals surface area (Å²) in [4.78, 5) is 15.9. The molecule has 0 atom stereocenters. The highest BCUT2D eigenvalue weighted by molar-refractivity contribution is 7.09. The molecule has 2 heterocycles. The van der Waals surface area contributed by atoms with Crippen LogP contribution in [0.2, 0.25) is 0 Å². The molecular formula is C9H11NO3S. The van der Waals surface area contributed by atoms with Gasteiger partial charge in [0, 0.05) is 5.38 Å². The van der Waals surface area contributed by atoms with Crippen molar-refractivity contribution >= 4 is 17.3 Å². The quantitative estimate of drug-likeness (QED) is 0.685. The van der Waals surface area contributed by atoms with Crippen molar-refractivity contribution in [2.75, 3.05) is 20.3 Å². The highest BCUT2D eigenvalue weighted by atomic mass is 32.1. The van der Waals surface area contributed by atoms with E-state index in [-0.39, 0.29) is 5.97 Å².